The highest BCUT2D eigenvalue weighted by molar-refractivity contribution is 6.21. The molecule has 12 heteroatoms. The fourth-order valence-electron chi connectivity index (χ4n) is 4.15. The number of aromatic nitrogens is 3. The van der Waals surface area contributed by atoms with Crippen molar-refractivity contribution in [1.29, 1.82) is 0 Å². The summed E-state index contributed by atoms with van der Waals surface area (Å²) in [7, 11) is 1.52. The van der Waals surface area contributed by atoms with Crippen molar-refractivity contribution in [3.8, 4) is 34.6 Å². The molecule has 2 amide bonds. The number of alkyl halides is 3. The third-order valence-corrected chi connectivity index (χ3v) is 6.06. The van der Waals surface area contributed by atoms with E-state index >= 15 is 0 Å². The minimum Gasteiger partial charge on any atom is -0.497 e. The van der Waals surface area contributed by atoms with E-state index in [2.05, 4.69) is 10.1 Å². The van der Waals surface area contributed by atoms with Crippen LogP contribution >= 0.6 is 0 Å². The number of imide groups is 1. The maximum atomic E-state index is 12.7. The second-order valence-corrected chi connectivity index (χ2v) is 8.77. The molecule has 1 aliphatic rings. The van der Waals surface area contributed by atoms with Crippen LogP contribution in [0.3, 0.4) is 0 Å². The SMILES string of the molecule is COc1ccc(-n2nc(OCC(F)(F)F)nc2-c2ccc(OCCCN3C(=O)c4ccccc4C3=O)cc2)cc1. The van der Waals surface area contributed by atoms with Crippen molar-refractivity contribution < 1.29 is 37.0 Å². The minimum absolute atomic E-state index is 0.218. The van der Waals surface area contributed by atoms with Crippen LogP contribution in [0.1, 0.15) is 27.1 Å². The predicted molar refractivity (Wildman–Crippen MR) is 137 cm³/mol. The van der Waals surface area contributed by atoms with E-state index in [1.54, 1.807) is 72.8 Å². The second-order valence-electron chi connectivity index (χ2n) is 8.77. The van der Waals surface area contributed by atoms with Crippen LogP contribution in [0, 0.1) is 0 Å². The van der Waals surface area contributed by atoms with E-state index in [9.17, 15) is 22.8 Å². The summed E-state index contributed by atoms with van der Waals surface area (Å²) in [5, 5.41) is 4.12. The summed E-state index contributed by atoms with van der Waals surface area (Å²) in [6.45, 7) is -1.05. The van der Waals surface area contributed by atoms with E-state index in [-0.39, 0.29) is 30.8 Å². The molecule has 0 bridgehead atoms. The van der Waals surface area contributed by atoms with Crippen LogP contribution in [-0.4, -0.2) is 64.5 Å². The number of amides is 2. The number of nitrogens with zero attached hydrogens (tertiary/aromatic N) is 4. The number of ether oxygens (including phenoxy) is 3. The summed E-state index contributed by atoms with van der Waals surface area (Å²) in [4.78, 5) is 30.3. The van der Waals surface area contributed by atoms with Gasteiger partial charge in [-0.25, -0.2) is 4.68 Å². The third-order valence-electron chi connectivity index (χ3n) is 6.06. The number of fused-ring (bicyclic) bond motifs is 1. The lowest BCUT2D eigenvalue weighted by Crippen LogP contribution is -2.31. The lowest BCUT2D eigenvalue weighted by Gasteiger charge is -2.14. The Morgan fingerprint density at radius 1 is 0.825 bits per heavy atom. The monoisotopic (exact) mass is 552 g/mol. The normalized spacial score (nSPS) is 12.9. The molecule has 0 saturated carbocycles. The van der Waals surface area contributed by atoms with E-state index in [4.69, 9.17) is 14.2 Å². The highest BCUT2D eigenvalue weighted by Gasteiger charge is 2.34. The van der Waals surface area contributed by atoms with Gasteiger partial charge in [0.05, 0.1) is 30.5 Å². The van der Waals surface area contributed by atoms with Crippen molar-refractivity contribution >= 4 is 11.8 Å². The molecule has 2 heterocycles. The van der Waals surface area contributed by atoms with Gasteiger partial charge in [0, 0.05) is 12.1 Å². The van der Waals surface area contributed by atoms with Crippen LogP contribution in [-0.2, 0) is 0 Å². The fraction of sp³-hybridized carbons (Fsp3) is 0.214. The molecule has 9 nitrogen and oxygen atoms in total. The zero-order valence-electron chi connectivity index (χ0n) is 21.2. The number of hydrogen-bond acceptors (Lipinski definition) is 7. The molecule has 40 heavy (non-hydrogen) atoms. The largest absolute Gasteiger partial charge is 0.497 e. The van der Waals surface area contributed by atoms with E-state index in [0.717, 1.165) is 0 Å². The molecule has 0 saturated heterocycles. The average Bonchev–Trinajstić information content (AvgIpc) is 3.49. The first-order valence-corrected chi connectivity index (χ1v) is 12.2. The number of benzene rings is 3. The first kappa shape index (κ1) is 26.7. The van der Waals surface area contributed by atoms with Crippen molar-refractivity contribution in [2.45, 2.75) is 12.6 Å². The van der Waals surface area contributed by atoms with Gasteiger partial charge >= 0.3 is 12.2 Å². The summed E-state index contributed by atoms with van der Waals surface area (Å²) >= 11 is 0. The van der Waals surface area contributed by atoms with Gasteiger partial charge in [-0.1, -0.05) is 12.1 Å². The molecule has 0 fully saturated rings. The Morgan fingerprint density at radius 3 is 2.05 bits per heavy atom. The highest BCUT2D eigenvalue weighted by Crippen LogP contribution is 2.28. The Labute approximate surface area is 226 Å². The first-order valence-electron chi connectivity index (χ1n) is 12.2. The fourth-order valence-corrected chi connectivity index (χ4v) is 4.15. The number of carbonyl (C=O) groups is 2. The Kier molecular flexibility index (Phi) is 7.41. The Balaban J connectivity index is 1.25. The summed E-state index contributed by atoms with van der Waals surface area (Å²) in [5.41, 5.74) is 1.90. The number of hydrogen-bond donors (Lipinski definition) is 0. The smallest absolute Gasteiger partial charge is 0.422 e. The molecular weight excluding hydrogens is 529 g/mol. The van der Waals surface area contributed by atoms with Crippen LogP contribution in [0.25, 0.3) is 17.1 Å². The lowest BCUT2D eigenvalue weighted by atomic mass is 10.1. The van der Waals surface area contributed by atoms with Gasteiger partial charge in [0.1, 0.15) is 11.5 Å². The van der Waals surface area contributed by atoms with E-state index < -0.39 is 18.8 Å². The molecule has 5 rings (SSSR count). The van der Waals surface area contributed by atoms with Gasteiger partial charge in [0.15, 0.2) is 12.4 Å². The van der Waals surface area contributed by atoms with Crippen LogP contribution in [0.4, 0.5) is 13.2 Å². The molecule has 0 atom stereocenters. The summed E-state index contributed by atoms with van der Waals surface area (Å²) in [6.07, 6.45) is -4.11. The van der Waals surface area contributed by atoms with Gasteiger partial charge in [-0.2, -0.15) is 18.2 Å². The van der Waals surface area contributed by atoms with Crippen molar-refractivity contribution in [2.24, 2.45) is 0 Å². The van der Waals surface area contributed by atoms with Crippen LogP contribution in [0.15, 0.2) is 72.8 Å². The molecular formula is C28H23F3N4O5. The van der Waals surface area contributed by atoms with Gasteiger partial charge < -0.3 is 14.2 Å². The molecule has 4 aromatic rings. The van der Waals surface area contributed by atoms with Crippen molar-refractivity contribution in [3.63, 3.8) is 0 Å². The van der Waals surface area contributed by atoms with Crippen LogP contribution in [0.5, 0.6) is 17.5 Å². The average molecular weight is 553 g/mol. The zero-order valence-corrected chi connectivity index (χ0v) is 21.2. The van der Waals surface area contributed by atoms with Gasteiger partial charge in [-0.3, -0.25) is 14.5 Å². The van der Waals surface area contributed by atoms with Gasteiger partial charge in [0.25, 0.3) is 11.8 Å². The molecule has 206 valence electrons. The maximum Gasteiger partial charge on any atom is 0.422 e. The molecule has 0 radical (unpaired) electrons. The standard InChI is InChI=1S/C28H23F3N4O5/c1-38-20-13-9-19(10-14-20)35-24(32-27(33-35)40-17-28(29,30)31)18-7-11-21(12-8-18)39-16-4-15-34-25(36)22-5-2-3-6-23(22)26(34)37/h2-3,5-14H,4,15-17H2,1H3. The predicted octanol–water partition coefficient (Wildman–Crippen LogP) is 4.95. The van der Waals surface area contributed by atoms with Crippen molar-refractivity contribution in [2.75, 3.05) is 26.9 Å². The zero-order chi connectivity index (χ0) is 28.3. The number of carbonyl (C=O) groups excluding carboxylic acids is 2. The third kappa shape index (κ3) is 5.75. The maximum absolute atomic E-state index is 12.7. The van der Waals surface area contributed by atoms with Crippen molar-refractivity contribution in [3.05, 3.63) is 83.9 Å². The summed E-state index contributed by atoms with van der Waals surface area (Å²) < 4.78 is 55.2. The Bertz CT molecular complexity index is 1480. The Hall–Kier alpha value is -4.87. The van der Waals surface area contributed by atoms with Crippen molar-refractivity contribution in [1.82, 2.24) is 19.7 Å². The molecule has 0 unspecified atom stereocenters. The topological polar surface area (TPSA) is 95.8 Å². The van der Waals surface area contributed by atoms with E-state index in [0.29, 0.717) is 40.3 Å². The van der Waals surface area contributed by atoms with Gasteiger partial charge in [-0.05, 0) is 67.1 Å². The number of methoxy groups -OCH3 is 1. The quantitative estimate of drug-likeness (QED) is 0.203. The molecule has 1 aliphatic heterocycles. The molecule has 1 aromatic heterocycles. The molecule has 0 aliphatic carbocycles. The van der Waals surface area contributed by atoms with E-state index in [1.165, 1.54) is 16.7 Å². The second kappa shape index (κ2) is 11.1. The van der Waals surface area contributed by atoms with Gasteiger partial charge in [0.2, 0.25) is 0 Å². The Morgan fingerprint density at radius 2 is 1.45 bits per heavy atom. The summed E-state index contributed by atoms with van der Waals surface area (Å²) in [5.74, 6) is 0.757. The lowest BCUT2D eigenvalue weighted by molar-refractivity contribution is -0.154. The number of halogens is 3. The molecule has 0 spiro atoms. The number of rotatable bonds is 10. The molecule has 3 aromatic carbocycles. The van der Waals surface area contributed by atoms with Crippen LogP contribution in [0.2, 0.25) is 0 Å². The first-order chi connectivity index (χ1) is 19.2. The van der Waals surface area contributed by atoms with Gasteiger partial charge in [-0.15, -0.1) is 5.10 Å². The summed E-state index contributed by atoms with van der Waals surface area (Å²) in [6, 6.07) is 19.8. The molecule has 0 N–H and O–H groups in total. The highest BCUT2D eigenvalue weighted by atomic mass is 19.4. The van der Waals surface area contributed by atoms with E-state index in [1.807, 2.05) is 0 Å². The minimum atomic E-state index is -4.54. The van der Waals surface area contributed by atoms with Crippen LogP contribution < -0.4 is 14.2 Å².